The molecule has 0 spiro atoms. The summed E-state index contributed by atoms with van der Waals surface area (Å²) in [6.07, 6.45) is 3.93. The van der Waals surface area contributed by atoms with E-state index < -0.39 is 0 Å². The Morgan fingerprint density at radius 1 is 1.54 bits per heavy atom. The highest BCUT2D eigenvalue weighted by Crippen LogP contribution is 2.28. The topological polar surface area (TPSA) is 42.4 Å². The molecule has 72 valence electrons. The Morgan fingerprint density at radius 3 is 3.00 bits per heavy atom. The van der Waals surface area contributed by atoms with Gasteiger partial charge in [0.2, 0.25) is 0 Å². The largest absolute Gasteiger partial charge is 0.468 e. The van der Waals surface area contributed by atoms with Crippen molar-refractivity contribution < 1.29 is 4.42 Å². The van der Waals surface area contributed by atoms with Gasteiger partial charge in [0.1, 0.15) is 5.76 Å². The Kier molecular flexibility index (Phi) is 2.38. The summed E-state index contributed by atoms with van der Waals surface area (Å²) in [4.78, 5) is 2.27. The second kappa shape index (κ2) is 3.52. The molecule has 3 heteroatoms. The van der Waals surface area contributed by atoms with Gasteiger partial charge in [-0.3, -0.25) is 4.90 Å². The van der Waals surface area contributed by atoms with Gasteiger partial charge in [0.05, 0.1) is 12.3 Å². The second-order valence-corrected chi connectivity index (χ2v) is 3.81. The van der Waals surface area contributed by atoms with Crippen molar-refractivity contribution in [1.29, 1.82) is 0 Å². The van der Waals surface area contributed by atoms with Gasteiger partial charge in [0.15, 0.2) is 0 Å². The normalized spacial score (nSPS) is 30.6. The molecule has 0 aliphatic carbocycles. The van der Waals surface area contributed by atoms with Crippen molar-refractivity contribution in [2.75, 3.05) is 13.6 Å². The van der Waals surface area contributed by atoms with Crippen LogP contribution in [0.4, 0.5) is 0 Å². The van der Waals surface area contributed by atoms with Crippen LogP contribution < -0.4 is 5.73 Å². The third-order valence-electron chi connectivity index (χ3n) is 2.74. The van der Waals surface area contributed by atoms with Gasteiger partial charge >= 0.3 is 0 Å². The fourth-order valence-corrected chi connectivity index (χ4v) is 2.02. The molecule has 0 radical (unpaired) electrons. The van der Waals surface area contributed by atoms with E-state index in [0.717, 1.165) is 25.1 Å². The van der Waals surface area contributed by atoms with E-state index in [1.165, 1.54) is 0 Å². The summed E-state index contributed by atoms with van der Waals surface area (Å²) >= 11 is 0. The Labute approximate surface area is 78.5 Å². The first-order valence-electron chi connectivity index (χ1n) is 4.76. The average Bonchev–Trinajstić information content (AvgIpc) is 2.56. The van der Waals surface area contributed by atoms with Crippen LogP contribution in [0.5, 0.6) is 0 Å². The van der Waals surface area contributed by atoms with Crippen LogP contribution in [0.2, 0.25) is 0 Å². The van der Waals surface area contributed by atoms with Gasteiger partial charge in [-0.15, -0.1) is 0 Å². The van der Waals surface area contributed by atoms with Crippen molar-refractivity contribution in [2.24, 2.45) is 5.73 Å². The summed E-state index contributed by atoms with van der Waals surface area (Å²) in [6.45, 7) is 0.964. The highest BCUT2D eigenvalue weighted by molar-refractivity contribution is 5.06. The lowest BCUT2D eigenvalue weighted by atomic mass is 9.98. The van der Waals surface area contributed by atoms with Gasteiger partial charge in [-0.05, 0) is 32.0 Å². The van der Waals surface area contributed by atoms with Crippen LogP contribution in [0.1, 0.15) is 24.6 Å². The van der Waals surface area contributed by atoms with E-state index in [4.69, 9.17) is 10.2 Å². The van der Waals surface area contributed by atoms with Gasteiger partial charge in [-0.2, -0.15) is 0 Å². The van der Waals surface area contributed by atoms with Crippen LogP contribution in [0.25, 0.3) is 0 Å². The number of likely N-dealkylation sites (tertiary alicyclic amines) is 1. The van der Waals surface area contributed by atoms with Crippen molar-refractivity contribution in [2.45, 2.75) is 24.9 Å². The maximum absolute atomic E-state index is 5.87. The molecule has 3 nitrogen and oxygen atoms in total. The van der Waals surface area contributed by atoms with E-state index in [1.807, 2.05) is 12.1 Å². The first kappa shape index (κ1) is 8.78. The molecular weight excluding hydrogens is 164 g/mol. The zero-order valence-electron chi connectivity index (χ0n) is 7.94. The molecule has 1 aromatic rings. The predicted octanol–water partition coefficient (Wildman–Crippen LogP) is 1.37. The number of likely N-dealkylation sites (N-methyl/N-ethyl adjacent to an activating group) is 1. The molecular formula is C10H16N2O. The molecule has 2 unspecified atom stereocenters. The smallest absolute Gasteiger partial charge is 0.120 e. The van der Waals surface area contributed by atoms with Gasteiger partial charge in [0.25, 0.3) is 0 Å². The van der Waals surface area contributed by atoms with E-state index in [-0.39, 0.29) is 0 Å². The van der Waals surface area contributed by atoms with Crippen molar-refractivity contribution in [1.82, 2.24) is 4.90 Å². The van der Waals surface area contributed by atoms with E-state index in [9.17, 15) is 0 Å². The molecule has 13 heavy (non-hydrogen) atoms. The third kappa shape index (κ3) is 1.76. The Bertz CT molecular complexity index is 258. The van der Waals surface area contributed by atoms with E-state index in [0.29, 0.717) is 12.1 Å². The number of furan rings is 1. The Hall–Kier alpha value is -0.800. The minimum Gasteiger partial charge on any atom is -0.468 e. The molecule has 0 saturated carbocycles. The van der Waals surface area contributed by atoms with Crippen LogP contribution in [0, 0.1) is 0 Å². The minimum absolute atomic E-state index is 0.330. The summed E-state index contributed by atoms with van der Waals surface area (Å²) in [5, 5.41) is 0. The summed E-state index contributed by atoms with van der Waals surface area (Å²) in [6, 6.07) is 4.74. The third-order valence-corrected chi connectivity index (χ3v) is 2.74. The molecule has 2 atom stereocenters. The lowest BCUT2D eigenvalue weighted by Crippen LogP contribution is -2.42. The van der Waals surface area contributed by atoms with Crippen LogP contribution >= 0.6 is 0 Å². The van der Waals surface area contributed by atoms with Crippen LogP contribution in [0.3, 0.4) is 0 Å². The second-order valence-electron chi connectivity index (χ2n) is 3.81. The van der Waals surface area contributed by atoms with E-state index >= 15 is 0 Å². The highest BCUT2D eigenvalue weighted by atomic mass is 16.3. The molecule has 1 fully saturated rings. The van der Waals surface area contributed by atoms with Gasteiger partial charge in [0, 0.05) is 12.6 Å². The number of nitrogens with zero attached hydrogens (tertiary/aromatic N) is 1. The number of hydrogen-bond acceptors (Lipinski definition) is 3. The monoisotopic (exact) mass is 180 g/mol. The van der Waals surface area contributed by atoms with Crippen molar-refractivity contribution in [3.8, 4) is 0 Å². The maximum atomic E-state index is 5.87. The Balaban J connectivity index is 2.08. The summed E-state index contributed by atoms with van der Waals surface area (Å²) in [5.74, 6) is 1.06. The van der Waals surface area contributed by atoms with Gasteiger partial charge < -0.3 is 10.2 Å². The van der Waals surface area contributed by atoms with Crippen molar-refractivity contribution in [3.63, 3.8) is 0 Å². The predicted molar refractivity (Wildman–Crippen MR) is 51.3 cm³/mol. The summed E-state index contributed by atoms with van der Waals surface area (Å²) in [7, 11) is 2.10. The Morgan fingerprint density at radius 2 is 2.38 bits per heavy atom. The summed E-state index contributed by atoms with van der Waals surface area (Å²) in [5.41, 5.74) is 5.87. The van der Waals surface area contributed by atoms with Crippen LogP contribution in [-0.2, 0) is 0 Å². The average molecular weight is 180 g/mol. The number of piperidine rings is 1. The highest BCUT2D eigenvalue weighted by Gasteiger charge is 2.26. The molecule has 1 aliphatic rings. The van der Waals surface area contributed by atoms with Crippen LogP contribution in [0.15, 0.2) is 22.8 Å². The first-order valence-corrected chi connectivity index (χ1v) is 4.76. The molecule has 0 aromatic carbocycles. The molecule has 1 aliphatic heterocycles. The van der Waals surface area contributed by atoms with Crippen LogP contribution in [-0.4, -0.2) is 24.5 Å². The fourth-order valence-electron chi connectivity index (χ4n) is 2.02. The zero-order valence-corrected chi connectivity index (χ0v) is 7.94. The standard InChI is InChI=1S/C10H16N2O/c1-12-7-8(11)4-5-9(12)10-3-2-6-13-10/h2-3,6,8-9H,4-5,7,11H2,1H3. The van der Waals surface area contributed by atoms with Gasteiger partial charge in [-0.25, -0.2) is 0 Å². The lowest BCUT2D eigenvalue weighted by Gasteiger charge is -2.34. The van der Waals surface area contributed by atoms with Gasteiger partial charge in [-0.1, -0.05) is 0 Å². The summed E-state index contributed by atoms with van der Waals surface area (Å²) < 4.78 is 5.40. The minimum atomic E-state index is 0.330. The number of rotatable bonds is 1. The quantitative estimate of drug-likeness (QED) is 0.709. The van der Waals surface area contributed by atoms with Crippen molar-refractivity contribution in [3.05, 3.63) is 24.2 Å². The number of nitrogens with two attached hydrogens (primary N) is 1. The van der Waals surface area contributed by atoms with E-state index in [1.54, 1.807) is 6.26 Å². The molecule has 2 rings (SSSR count). The molecule has 2 heterocycles. The lowest BCUT2D eigenvalue weighted by molar-refractivity contribution is 0.149. The number of hydrogen-bond donors (Lipinski definition) is 1. The molecule has 2 N–H and O–H groups in total. The molecule has 1 saturated heterocycles. The zero-order chi connectivity index (χ0) is 9.26. The van der Waals surface area contributed by atoms with Crippen molar-refractivity contribution >= 4 is 0 Å². The molecule has 0 bridgehead atoms. The fraction of sp³-hybridized carbons (Fsp3) is 0.600. The maximum Gasteiger partial charge on any atom is 0.120 e. The SMILES string of the molecule is CN1CC(N)CCC1c1ccco1. The van der Waals surface area contributed by atoms with E-state index in [2.05, 4.69) is 11.9 Å². The first-order chi connectivity index (χ1) is 6.27. The molecule has 1 aromatic heterocycles. The molecule has 0 amide bonds.